The number of hydrogen-bond acceptors (Lipinski definition) is 3. The molecule has 0 aromatic rings. The maximum absolute atomic E-state index is 11.7. The molecule has 0 aliphatic carbocycles. The first kappa shape index (κ1) is 12.4. The lowest BCUT2D eigenvalue weighted by Crippen LogP contribution is -2.45. The molecule has 0 bridgehead atoms. The topological polar surface area (TPSA) is 77.9 Å². The lowest BCUT2D eigenvalue weighted by Gasteiger charge is -2.31. The van der Waals surface area contributed by atoms with Gasteiger partial charge in [-0.15, -0.1) is 0 Å². The van der Waals surface area contributed by atoms with Crippen LogP contribution in [0.4, 0.5) is 0 Å². The monoisotopic (exact) mass is 236 g/mol. The van der Waals surface area contributed by atoms with E-state index in [4.69, 9.17) is 5.11 Å². The van der Waals surface area contributed by atoms with E-state index in [1.54, 1.807) is 0 Å². The second-order valence-electron chi connectivity index (χ2n) is 3.80. The van der Waals surface area contributed by atoms with Gasteiger partial charge in [0.25, 0.3) is 10.2 Å². The fourth-order valence-electron chi connectivity index (χ4n) is 1.56. The lowest BCUT2D eigenvalue weighted by molar-refractivity contribution is -0.142. The molecule has 1 aliphatic rings. The van der Waals surface area contributed by atoms with Gasteiger partial charge in [-0.25, -0.2) is 0 Å². The smallest absolute Gasteiger partial charge is 0.306 e. The molecule has 0 spiro atoms. The van der Waals surface area contributed by atoms with Crippen LogP contribution < -0.4 is 0 Å². The first-order valence-corrected chi connectivity index (χ1v) is 6.16. The van der Waals surface area contributed by atoms with Crippen molar-refractivity contribution in [2.75, 3.05) is 27.2 Å². The van der Waals surface area contributed by atoms with Crippen LogP contribution in [0.3, 0.4) is 0 Å². The summed E-state index contributed by atoms with van der Waals surface area (Å²) in [6.07, 6.45) is 0.783. The van der Waals surface area contributed by atoms with Crippen molar-refractivity contribution in [1.29, 1.82) is 0 Å². The van der Waals surface area contributed by atoms with E-state index in [2.05, 4.69) is 0 Å². The molecular formula is C8H16N2O4S. The predicted molar refractivity (Wildman–Crippen MR) is 54.5 cm³/mol. The molecule has 15 heavy (non-hydrogen) atoms. The molecule has 0 saturated carbocycles. The van der Waals surface area contributed by atoms with E-state index in [1.165, 1.54) is 18.4 Å². The molecule has 7 heteroatoms. The van der Waals surface area contributed by atoms with Crippen molar-refractivity contribution < 1.29 is 18.3 Å². The highest BCUT2D eigenvalue weighted by Crippen LogP contribution is 2.20. The van der Waals surface area contributed by atoms with Gasteiger partial charge in [0.15, 0.2) is 0 Å². The van der Waals surface area contributed by atoms with Crippen LogP contribution in [0.2, 0.25) is 0 Å². The van der Waals surface area contributed by atoms with E-state index < -0.39 is 22.1 Å². The zero-order valence-corrected chi connectivity index (χ0v) is 9.70. The minimum Gasteiger partial charge on any atom is -0.481 e. The minimum atomic E-state index is -3.38. The van der Waals surface area contributed by atoms with Crippen LogP contribution >= 0.6 is 0 Å². The van der Waals surface area contributed by atoms with Crippen molar-refractivity contribution in [3.63, 3.8) is 0 Å². The maximum Gasteiger partial charge on any atom is 0.306 e. The Labute approximate surface area is 89.7 Å². The third-order valence-corrected chi connectivity index (χ3v) is 4.53. The van der Waals surface area contributed by atoms with E-state index in [-0.39, 0.29) is 13.1 Å². The molecule has 1 aliphatic heterocycles. The molecular weight excluding hydrogens is 220 g/mol. The van der Waals surface area contributed by atoms with Crippen LogP contribution in [0.25, 0.3) is 0 Å². The molecule has 1 heterocycles. The van der Waals surface area contributed by atoms with E-state index in [9.17, 15) is 13.2 Å². The molecule has 1 saturated heterocycles. The zero-order chi connectivity index (χ0) is 11.6. The molecule has 0 atom stereocenters. The second kappa shape index (κ2) is 4.46. The Bertz CT molecular complexity index is 331. The molecule has 1 rings (SSSR count). The molecule has 0 unspecified atom stereocenters. The number of carboxylic acids is 1. The molecule has 0 radical (unpaired) electrons. The van der Waals surface area contributed by atoms with Crippen molar-refractivity contribution in [3.8, 4) is 0 Å². The fraction of sp³-hybridized carbons (Fsp3) is 0.875. The van der Waals surface area contributed by atoms with Crippen molar-refractivity contribution in [2.45, 2.75) is 12.8 Å². The van der Waals surface area contributed by atoms with Crippen LogP contribution in [-0.2, 0) is 15.0 Å². The third-order valence-electron chi connectivity index (χ3n) is 2.59. The van der Waals surface area contributed by atoms with Crippen LogP contribution in [-0.4, -0.2) is 55.3 Å². The lowest BCUT2D eigenvalue weighted by atomic mass is 9.99. The Morgan fingerprint density at radius 1 is 1.33 bits per heavy atom. The standard InChI is InChI=1S/C8H16N2O4S/c1-9(2)15(13,14)10-5-3-7(4-6-10)8(11)12/h7H,3-6H2,1-2H3,(H,11,12). The summed E-state index contributed by atoms with van der Waals surface area (Å²) >= 11 is 0. The quantitative estimate of drug-likeness (QED) is 0.722. The Balaban J connectivity index is 2.62. The average molecular weight is 236 g/mol. The number of nitrogens with zero attached hydrogens (tertiary/aromatic N) is 2. The van der Waals surface area contributed by atoms with Gasteiger partial charge in [0.1, 0.15) is 0 Å². The zero-order valence-electron chi connectivity index (χ0n) is 8.88. The molecule has 6 nitrogen and oxygen atoms in total. The Hall–Kier alpha value is -0.660. The van der Waals surface area contributed by atoms with E-state index in [1.807, 2.05) is 0 Å². The highest BCUT2D eigenvalue weighted by molar-refractivity contribution is 7.86. The van der Waals surface area contributed by atoms with Crippen molar-refractivity contribution in [1.82, 2.24) is 8.61 Å². The SMILES string of the molecule is CN(C)S(=O)(=O)N1CCC(C(=O)O)CC1. The summed E-state index contributed by atoms with van der Waals surface area (Å²) in [6.45, 7) is 0.578. The summed E-state index contributed by atoms with van der Waals surface area (Å²) in [4.78, 5) is 10.7. The van der Waals surface area contributed by atoms with Crippen molar-refractivity contribution in [3.05, 3.63) is 0 Å². The number of rotatable bonds is 3. The summed E-state index contributed by atoms with van der Waals surface area (Å²) in [5.41, 5.74) is 0. The van der Waals surface area contributed by atoms with Crippen molar-refractivity contribution >= 4 is 16.2 Å². The largest absolute Gasteiger partial charge is 0.481 e. The molecule has 0 aromatic carbocycles. The molecule has 1 N–H and O–H groups in total. The van der Waals surface area contributed by atoms with Gasteiger partial charge < -0.3 is 5.11 Å². The molecule has 0 amide bonds. The van der Waals surface area contributed by atoms with E-state index >= 15 is 0 Å². The number of carboxylic acid groups (broad SMARTS) is 1. The van der Waals surface area contributed by atoms with E-state index in [0.717, 1.165) is 4.31 Å². The van der Waals surface area contributed by atoms with Crippen LogP contribution in [0.15, 0.2) is 0 Å². The van der Waals surface area contributed by atoms with Crippen LogP contribution in [0.1, 0.15) is 12.8 Å². The predicted octanol–water partition coefficient (Wildman–Crippen LogP) is -0.411. The Kier molecular flexibility index (Phi) is 3.69. The Morgan fingerprint density at radius 3 is 2.13 bits per heavy atom. The van der Waals surface area contributed by atoms with Gasteiger partial charge in [0.05, 0.1) is 5.92 Å². The summed E-state index contributed by atoms with van der Waals surface area (Å²) in [6, 6.07) is 0. The fourth-order valence-corrected chi connectivity index (χ4v) is 2.70. The van der Waals surface area contributed by atoms with Gasteiger partial charge in [0.2, 0.25) is 0 Å². The van der Waals surface area contributed by atoms with E-state index in [0.29, 0.717) is 12.8 Å². The third kappa shape index (κ3) is 2.67. The highest BCUT2D eigenvalue weighted by atomic mass is 32.2. The summed E-state index contributed by atoms with van der Waals surface area (Å²) in [5, 5.41) is 8.76. The van der Waals surface area contributed by atoms with Gasteiger partial charge in [-0.3, -0.25) is 4.79 Å². The summed E-state index contributed by atoms with van der Waals surface area (Å²) in [7, 11) is -0.434. The molecule has 0 aromatic heterocycles. The van der Waals surface area contributed by atoms with Crippen molar-refractivity contribution in [2.24, 2.45) is 5.92 Å². The molecule has 88 valence electrons. The van der Waals surface area contributed by atoms with Crippen LogP contribution in [0.5, 0.6) is 0 Å². The summed E-state index contributed by atoms with van der Waals surface area (Å²) < 4.78 is 25.8. The summed E-state index contributed by atoms with van der Waals surface area (Å²) in [5.74, 6) is -1.24. The van der Waals surface area contributed by atoms with Gasteiger partial charge >= 0.3 is 5.97 Å². The first-order chi connectivity index (χ1) is 6.85. The normalized spacial score (nSPS) is 20.7. The minimum absolute atomic E-state index is 0.289. The van der Waals surface area contributed by atoms with Crippen LogP contribution in [0, 0.1) is 5.92 Å². The Morgan fingerprint density at radius 2 is 1.80 bits per heavy atom. The maximum atomic E-state index is 11.7. The number of aliphatic carboxylic acids is 1. The number of carbonyl (C=O) groups is 1. The second-order valence-corrected chi connectivity index (χ2v) is 5.94. The van der Waals surface area contributed by atoms with Gasteiger partial charge in [-0.2, -0.15) is 17.0 Å². The average Bonchev–Trinajstić information content (AvgIpc) is 2.17. The highest BCUT2D eigenvalue weighted by Gasteiger charge is 2.31. The number of piperidine rings is 1. The van der Waals surface area contributed by atoms with Gasteiger partial charge in [-0.05, 0) is 12.8 Å². The first-order valence-electron chi connectivity index (χ1n) is 4.76. The molecule has 1 fully saturated rings. The number of hydrogen-bond donors (Lipinski definition) is 1. The van der Waals surface area contributed by atoms with Gasteiger partial charge in [-0.1, -0.05) is 0 Å². The van der Waals surface area contributed by atoms with Gasteiger partial charge in [0, 0.05) is 27.2 Å².